The number of anilines is 2. The highest BCUT2D eigenvalue weighted by molar-refractivity contribution is 5.96. The highest BCUT2D eigenvalue weighted by Gasteiger charge is 2.16. The van der Waals surface area contributed by atoms with Crippen molar-refractivity contribution in [2.24, 2.45) is 0 Å². The van der Waals surface area contributed by atoms with E-state index in [4.69, 9.17) is 10.5 Å². The number of alkyl carbamates (subject to hydrolysis) is 1. The minimum Gasteiger partial charge on any atom is -0.444 e. The molecule has 6 heteroatoms. The smallest absolute Gasteiger partial charge is 0.408 e. The van der Waals surface area contributed by atoms with E-state index in [-0.39, 0.29) is 12.5 Å². The van der Waals surface area contributed by atoms with Gasteiger partial charge in [0.15, 0.2) is 0 Å². The quantitative estimate of drug-likeness (QED) is 0.725. The molecular weight excluding hydrogens is 246 g/mol. The van der Waals surface area contributed by atoms with Crippen LogP contribution in [-0.2, 0) is 9.53 Å². The number of amides is 2. The lowest BCUT2D eigenvalue weighted by atomic mass is 10.2. The molecule has 0 radical (unpaired) electrons. The molecule has 0 saturated heterocycles. The molecule has 0 bridgehead atoms. The third-order valence-electron chi connectivity index (χ3n) is 2.03. The summed E-state index contributed by atoms with van der Waals surface area (Å²) < 4.78 is 5.01. The fraction of sp³-hybridized carbons (Fsp3) is 0.385. The summed E-state index contributed by atoms with van der Waals surface area (Å²) in [5.74, 6) is -0.372. The van der Waals surface area contributed by atoms with E-state index in [1.807, 2.05) is 0 Å². The van der Waals surface area contributed by atoms with Crippen molar-refractivity contribution >= 4 is 23.4 Å². The highest BCUT2D eigenvalue weighted by atomic mass is 16.6. The van der Waals surface area contributed by atoms with E-state index >= 15 is 0 Å². The van der Waals surface area contributed by atoms with E-state index in [1.165, 1.54) is 0 Å². The molecule has 0 aliphatic carbocycles. The largest absolute Gasteiger partial charge is 0.444 e. The second-order valence-corrected chi connectivity index (χ2v) is 4.99. The van der Waals surface area contributed by atoms with Crippen molar-refractivity contribution < 1.29 is 14.3 Å². The van der Waals surface area contributed by atoms with Gasteiger partial charge >= 0.3 is 6.09 Å². The highest BCUT2D eigenvalue weighted by Crippen LogP contribution is 2.16. The fourth-order valence-corrected chi connectivity index (χ4v) is 1.27. The number of benzene rings is 1. The van der Waals surface area contributed by atoms with Crippen LogP contribution in [0.25, 0.3) is 0 Å². The number of nitrogens with one attached hydrogen (secondary N) is 2. The summed E-state index contributed by atoms with van der Waals surface area (Å²) in [7, 11) is 0. The van der Waals surface area contributed by atoms with Gasteiger partial charge in [0.05, 0.1) is 11.4 Å². The summed E-state index contributed by atoms with van der Waals surface area (Å²) in [6.07, 6.45) is -0.635. The first-order valence-corrected chi connectivity index (χ1v) is 5.89. The Kier molecular flexibility index (Phi) is 4.74. The van der Waals surface area contributed by atoms with Gasteiger partial charge in [-0.3, -0.25) is 4.79 Å². The summed E-state index contributed by atoms with van der Waals surface area (Å²) in [5.41, 5.74) is 6.07. The summed E-state index contributed by atoms with van der Waals surface area (Å²) in [4.78, 5) is 22.9. The van der Waals surface area contributed by atoms with Crippen molar-refractivity contribution in [1.29, 1.82) is 0 Å². The summed E-state index contributed by atoms with van der Waals surface area (Å²) in [5, 5.41) is 4.96. The molecule has 0 unspecified atom stereocenters. The van der Waals surface area contributed by atoms with Crippen LogP contribution in [0.1, 0.15) is 20.8 Å². The zero-order valence-electron chi connectivity index (χ0n) is 11.3. The monoisotopic (exact) mass is 265 g/mol. The number of nitrogen functional groups attached to an aromatic ring is 1. The van der Waals surface area contributed by atoms with E-state index < -0.39 is 11.7 Å². The molecule has 1 aromatic rings. The van der Waals surface area contributed by atoms with Gasteiger partial charge in [-0.25, -0.2) is 4.79 Å². The molecule has 0 atom stereocenters. The lowest BCUT2D eigenvalue weighted by molar-refractivity contribution is -0.115. The molecule has 0 aliphatic rings. The van der Waals surface area contributed by atoms with Crippen LogP contribution in [0.3, 0.4) is 0 Å². The molecule has 0 heterocycles. The molecule has 6 nitrogen and oxygen atoms in total. The molecule has 0 fully saturated rings. The Hall–Kier alpha value is -2.24. The SMILES string of the molecule is CC(C)(C)OC(=O)NCC(=O)Nc1ccccc1N. The topological polar surface area (TPSA) is 93.4 Å². The van der Waals surface area contributed by atoms with E-state index in [0.717, 1.165) is 0 Å². The Morgan fingerprint density at radius 2 is 1.89 bits per heavy atom. The van der Waals surface area contributed by atoms with Crippen LogP contribution in [0.4, 0.5) is 16.2 Å². The van der Waals surface area contributed by atoms with Crippen LogP contribution in [0.15, 0.2) is 24.3 Å². The summed E-state index contributed by atoms with van der Waals surface area (Å²) >= 11 is 0. The van der Waals surface area contributed by atoms with Gasteiger partial charge in [-0.1, -0.05) is 12.1 Å². The Morgan fingerprint density at radius 1 is 1.26 bits per heavy atom. The number of hydrogen-bond donors (Lipinski definition) is 3. The lowest BCUT2D eigenvalue weighted by Gasteiger charge is -2.19. The molecule has 0 saturated carbocycles. The van der Waals surface area contributed by atoms with Gasteiger partial charge in [0.2, 0.25) is 5.91 Å². The Labute approximate surface area is 112 Å². The Bertz CT molecular complexity index is 466. The molecule has 2 amide bonds. The summed E-state index contributed by atoms with van der Waals surface area (Å²) in [6.45, 7) is 5.06. The first kappa shape index (κ1) is 14.8. The first-order valence-electron chi connectivity index (χ1n) is 5.89. The van der Waals surface area contributed by atoms with Gasteiger partial charge < -0.3 is 21.1 Å². The van der Waals surface area contributed by atoms with Crippen LogP contribution in [0, 0.1) is 0 Å². The average Bonchev–Trinajstić information content (AvgIpc) is 2.27. The number of nitrogens with two attached hydrogens (primary N) is 1. The number of para-hydroxylation sites is 2. The van der Waals surface area contributed by atoms with Crippen molar-refractivity contribution in [3.05, 3.63) is 24.3 Å². The molecule has 19 heavy (non-hydrogen) atoms. The number of carbonyl (C=O) groups excluding carboxylic acids is 2. The lowest BCUT2D eigenvalue weighted by Crippen LogP contribution is -2.37. The molecule has 4 N–H and O–H groups in total. The third-order valence-corrected chi connectivity index (χ3v) is 2.03. The normalized spacial score (nSPS) is 10.7. The Balaban J connectivity index is 2.41. The number of carbonyl (C=O) groups is 2. The van der Waals surface area contributed by atoms with Crippen molar-refractivity contribution in [2.75, 3.05) is 17.6 Å². The van der Waals surface area contributed by atoms with Crippen molar-refractivity contribution in [3.63, 3.8) is 0 Å². The van der Waals surface area contributed by atoms with Gasteiger partial charge in [0.25, 0.3) is 0 Å². The van der Waals surface area contributed by atoms with Crippen LogP contribution < -0.4 is 16.4 Å². The maximum absolute atomic E-state index is 11.6. The van der Waals surface area contributed by atoms with Crippen LogP contribution in [-0.4, -0.2) is 24.1 Å². The van der Waals surface area contributed by atoms with Crippen LogP contribution in [0.5, 0.6) is 0 Å². The maximum atomic E-state index is 11.6. The van der Waals surface area contributed by atoms with Crippen molar-refractivity contribution in [2.45, 2.75) is 26.4 Å². The number of hydrogen-bond acceptors (Lipinski definition) is 4. The van der Waals surface area contributed by atoms with Gasteiger partial charge in [-0.15, -0.1) is 0 Å². The first-order chi connectivity index (χ1) is 8.78. The minimum absolute atomic E-state index is 0.177. The third kappa shape index (κ3) is 5.76. The van der Waals surface area contributed by atoms with Gasteiger partial charge in [0, 0.05) is 0 Å². The van der Waals surface area contributed by atoms with Crippen LogP contribution in [0.2, 0.25) is 0 Å². The van der Waals surface area contributed by atoms with Crippen LogP contribution >= 0.6 is 0 Å². The summed E-state index contributed by atoms with van der Waals surface area (Å²) in [6, 6.07) is 6.88. The predicted octanol–water partition coefficient (Wildman–Crippen LogP) is 1.73. The van der Waals surface area contributed by atoms with Crippen molar-refractivity contribution in [3.8, 4) is 0 Å². The zero-order valence-corrected chi connectivity index (χ0v) is 11.3. The van der Waals surface area contributed by atoms with Gasteiger partial charge in [-0.05, 0) is 32.9 Å². The number of ether oxygens (including phenoxy) is 1. The van der Waals surface area contributed by atoms with Gasteiger partial charge in [0.1, 0.15) is 12.1 Å². The molecule has 0 aliphatic heterocycles. The molecule has 0 spiro atoms. The molecule has 0 aromatic heterocycles. The van der Waals surface area contributed by atoms with E-state index in [9.17, 15) is 9.59 Å². The van der Waals surface area contributed by atoms with Crippen molar-refractivity contribution in [1.82, 2.24) is 5.32 Å². The second kappa shape index (κ2) is 6.08. The second-order valence-electron chi connectivity index (χ2n) is 4.99. The molecule has 104 valence electrons. The number of rotatable bonds is 3. The van der Waals surface area contributed by atoms with Gasteiger partial charge in [-0.2, -0.15) is 0 Å². The average molecular weight is 265 g/mol. The Morgan fingerprint density at radius 3 is 2.47 bits per heavy atom. The van der Waals surface area contributed by atoms with E-state index in [0.29, 0.717) is 11.4 Å². The molecular formula is C13H19N3O3. The molecule has 1 rings (SSSR count). The zero-order chi connectivity index (χ0) is 14.5. The predicted molar refractivity (Wildman–Crippen MR) is 73.7 cm³/mol. The van der Waals surface area contributed by atoms with E-state index in [2.05, 4.69) is 10.6 Å². The standard InChI is InChI=1S/C13H19N3O3/c1-13(2,3)19-12(18)15-8-11(17)16-10-7-5-4-6-9(10)14/h4-7H,8,14H2,1-3H3,(H,15,18)(H,16,17). The minimum atomic E-state index is -0.635. The maximum Gasteiger partial charge on any atom is 0.408 e. The fourth-order valence-electron chi connectivity index (χ4n) is 1.27. The van der Waals surface area contributed by atoms with E-state index in [1.54, 1.807) is 45.0 Å². The molecule has 1 aromatic carbocycles.